The Kier molecular flexibility index (Phi) is 4.38. The van der Waals surface area contributed by atoms with E-state index in [2.05, 4.69) is 9.97 Å². The van der Waals surface area contributed by atoms with Crippen LogP contribution in [0.4, 0.5) is 19.0 Å². The van der Waals surface area contributed by atoms with Gasteiger partial charge < -0.3 is 4.90 Å². The Hall–Kier alpha value is -1.53. The van der Waals surface area contributed by atoms with Crippen molar-refractivity contribution in [3.63, 3.8) is 0 Å². The molecule has 3 rings (SSSR count). The van der Waals surface area contributed by atoms with E-state index in [0.717, 1.165) is 24.6 Å². The predicted molar refractivity (Wildman–Crippen MR) is 82.8 cm³/mol. The van der Waals surface area contributed by atoms with Crippen molar-refractivity contribution in [2.45, 2.75) is 25.1 Å². The number of pyridine rings is 2. The molecule has 1 atom stereocenters. The standard InChI is InChI=1S/C15H12Cl2F3N3/c16-13-9(15(18,19)20)8-12(22-14(13)17)23-7-3-5-11(23)10-4-1-2-6-21-10/h1-2,4,6,8,11H,3,5,7H2. The molecule has 0 amide bonds. The highest BCUT2D eigenvalue weighted by Gasteiger charge is 2.37. The Morgan fingerprint density at radius 3 is 2.65 bits per heavy atom. The summed E-state index contributed by atoms with van der Waals surface area (Å²) in [5, 5.41) is -0.917. The SMILES string of the molecule is FC(F)(F)c1cc(N2CCCC2c2ccccn2)nc(Cl)c1Cl. The molecule has 8 heteroatoms. The molecule has 1 unspecified atom stereocenters. The van der Waals surface area contributed by atoms with Crippen LogP contribution in [0.5, 0.6) is 0 Å². The number of rotatable bonds is 2. The lowest BCUT2D eigenvalue weighted by Gasteiger charge is -2.26. The number of hydrogen-bond donors (Lipinski definition) is 0. The molecule has 2 aromatic heterocycles. The van der Waals surface area contributed by atoms with E-state index in [1.807, 2.05) is 12.1 Å². The van der Waals surface area contributed by atoms with E-state index in [9.17, 15) is 13.2 Å². The highest BCUT2D eigenvalue weighted by Crippen LogP contribution is 2.42. The van der Waals surface area contributed by atoms with Gasteiger partial charge in [0.2, 0.25) is 0 Å². The maximum Gasteiger partial charge on any atom is 0.418 e. The fourth-order valence-corrected chi connectivity index (χ4v) is 3.15. The molecule has 0 spiro atoms. The molecule has 0 bridgehead atoms. The highest BCUT2D eigenvalue weighted by atomic mass is 35.5. The quantitative estimate of drug-likeness (QED) is 0.693. The van der Waals surface area contributed by atoms with E-state index < -0.39 is 16.8 Å². The first-order valence-corrected chi connectivity index (χ1v) is 7.74. The first kappa shape index (κ1) is 16.3. The maximum atomic E-state index is 13.1. The second-order valence-electron chi connectivity index (χ2n) is 5.24. The molecule has 1 saturated heterocycles. The molecular formula is C15H12Cl2F3N3. The third-order valence-electron chi connectivity index (χ3n) is 3.79. The van der Waals surface area contributed by atoms with E-state index in [1.165, 1.54) is 0 Å². The molecule has 0 radical (unpaired) electrons. The van der Waals surface area contributed by atoms with Gasteiger partial charge in [-0.15, -0.1) is 0 Å². The lowest BCUT2D eigenvalue weighted by molar-refractivity contribution is -0.137. The average Bonchev–Trinajstić information content (AvgIpc) is 2.99. The molecule has 0 aliphatic carbocycles. The highest BCUT2D eigenvalue weighted by molar-refractivity contribution is 6.41. The molecule has 1 aliphatic rings. The van der Waals surface area contributed by atoms with Crippen molar-refractivity contribution in [2.24, 2.45) is 0 Å². The average molecular weight is 362 g/mol. The van der Waals surface area contributed by atoms with Crippen molar-refractivity contribution >= 4 is 29.0 Å². The van der Waals surface area contributed by atoms with Gasteiger partial charge in [0.05, 0.1) is 22.3 Å². The number of nitrogens with zero attached hydrogens (tertiary/aromatic N) is 3. The van der Waals surface area contributed by atoms with Crippen LogP contribution in [0, 0.1) is 0 Å². The summed E-state index contributed by atoms with van der Waals surface area (Å²) in [5.41, 5.74) is -0.174. The number of halogens is 5. The number of alkyl halides is 3. The summed E-state index contributed by atoms with van der Waals surface area (Å²) >= 11 is 11.5. The van der Waals surface area contributed by atoms with Crippen molar-refractivity contribution in [2.75, 3.05) is 11.4 Å². The Morgan fingerprint density at radius 1 is 1.22 bits per heavy atom. The molecule has 0 aromatic carbocycles. The zero-order valence-corrected chi connectivity index (χ0v) is 13.3. The molecule has 1 aliphatic heterocycles. The van der Waals surface area contributed by atoms with E-state index in [4.69, 9.17) is 23.2 Å². The summed E-state index contributed by atoms with van der Waals surface area (Å²) in [4.78, 5) is 10.1. The molecule has 2 aromatic rings. The number of hydrogen-bond acceptors (Lipinski definition) is 3. The number of aromatic nitrogens is 2. The minimum atomic E-state index is -4.58. The second-order valence-corrected chi connectivity index (χ2v) is 5.97. The van der Waals surface area contributed by atoms with Crippen LogP contribution in [0.3, 0.4) is 0 Å². The summed E-state index contributed by atoms with van der Waals surface area (Å²) in [6.07, 6.45) is -1.29. The minimum absolute atomic E-state index is 0.123. The molecule has 0 N–H and O–H groups in total. The smallest absolute Gasteiger partial charge is 0.348 e. The van der Waals surface area contributed by atoms with Crippen LogP contribution in [-0.2, 0) is 6.18 Å². The summed E-state index contributed by atoms with van der Waals surface area (Å²) in [5.74, 6) is 0.167. The van der Waals surface area contributed by atoms with Crippen molar-refractivity contribution in [1.82, 2.24) is 9.97 Å². The van der Waals surface area contributed by atoms with Gasteiger partial charge in [-0.05, 0) is 31.0 Å². The van der Waals surface area contributed by atoms with Crippen molar-refractivity contribution in [1.29, 1.82) is 0 Å². The third kappa shape index (κ3) is 3.23. The monoisotopic (exact) mass is 361 g/mol. The van der Waals surface area contributed by atoms with Crippen LogP contribution in [0.2, 0.25) is 10.2 Å². The first-order valence-electron chi connectivity index (χ1n) is 6.98. The molecule has 3 heterocycles. The first-order chi connectivity index (χ1) is 10.9. The lowest BCUT2D eigenvalue weighted by Crippen LogP contribution is -2.25. The van der Waals surface area contributed by atoms with E-state index in [1.54, 1.807) is 17.2 Å². The van der Waals surface area contributed by atoms with Crippen LogP contribution < -0.4 is 4.90 Å². The van der Waals surface area contributed by atoms with Crippen LogP contribution in [-0.4, -0.2) is 16.5 Å². The van der Waals surface area contributed by atoms with Gasteiger partial charge in [-0.3, -0.25) is 4.98 Å². The minimum Gasteiger partial charge on any atom is -0.348 e. The fraction of sp³-hybridized carbons (Fsp3) is 0.333. The van der Waals surface area contributed by atoms with Gasteiger partial charge in [-0.1, -0.05) is 29.3 Å². The Labute approximate surface area is 141 Å². The van der Waals surface area contributed by atoms with E-state index in [0.29, 0.717) is 6.54 Å². The van der Waals surface area contributed by atoms with Gasteiger partial charge in [0.25, 0.3) is 0 Å². The van der Waals surface area contributed by atoms with Crippen LogP contribution in [0.25, 0.3) is 0 Å². The Bertz CT molecular complexity index is 707. The molecule has 122 valence electrons. The Morgan fingerprint density at radius 2 is 2.00 bits per heavy atom. The largest absolute Gasteiger partial charge is 0.418 e. The van der Waals surface area contributed by atoms with Crippen LogP contribution in [0.15, 0.2) is 30.5 Å². The Balaban J connectivity index is 2.02. The van der Waals surface area contributed by atoms with Crippen LogP contribution >= 0.6 is 23.2 Å². The topological polar surface area (TPSA) is 29.0 Å². The van der Waals surface area contributed by atoms with Crippen LogP contribution in [0.1, 0.15) is 30.1 Å². The number of anilines is 1. The second kappa shape index (κ2) is 6.17. The van der Waals surface area contributed by atoms with Crippen molar-refractivity contribution in [3.05, 3.63) is 51.9 Å². The predicted octanol–water partition coefficient (Wildman–Crippen LogP) is 5.14. The molecule has 23 heavy (non-hydrogen) atoms. The summed E-state index contributed by atoms with van der Waals surface area (Å²) in [7, 11) is 0. The molecule has 0 saturated carbocycles. The van der Waals surface area contributed by atoms with Gasteiger partial charge in [0.1, 0.15) is 5.82 Å². The van der Waals surface area contributed by atoms with Gasteiger partial charge >= 0.3 is 6.18 Å². The van der Waals surface area contributed by atoms with Crippen molar-refractivity contribution < 1.29 is 13.2 Å². The fourth-order valence-electron chi connectivity index (χ4n) is 2.76. The summed E-state index contributed by atoms with van der Waals surface area (Å²) in [6.45, 7) is 0.587. The van der Waals surface area contributed by atoms with Gasteiger partial charge in [-0.25, -0.2) is 4.98 Å². The van der Waals surface area contributed by atoms with E-state index in [-0.39, 0.29) is 17.0 Å². The molecular weight excluding hydrogens is 350 g/mol. The summed E-state index contributed by atoms with van der Waals surface area (Å²) < 4.78 is 39.3. The summed E-state index contributed by atoms with van der Waals surface area (Å²) in [6, 6.07) is 6.33. The van der Waals surface area contributed by atoms with Gasteiger partial charge in [-0.2, -0.15) is 13.2 Å². The third-order valence-corrected chi connectivity index (χ3v) is 4.54. The zero-order chi connectivity index (χ0) is 16.6. The molecule has 1 fully saturated rings. The maximum absolute atomic E-state index is 13.1. The van der Waals surface area contributed by atoms with Gasteiger partial charge in [0.15, 0.2) is 5.15 Å². The molecule has 3 nitrogen and oxygen atoms in total. The van der Waals surface area contributed by atoms with Gasteiger partial charge in [0, 0.05) is 12.7 Å². The van der Waals surface area contributed by atoms with Crippen molar-refractivity contribution in [3.8, 4) is 0 Å². The van der Waals surface area contributed by atoms with E-state index >= 15 is 0 Å². The normalized spacial score (nSPS) is 18.5. The zero-order valence-electron chi connectivity index (χ0n) is 11.8. The lowest BCUT2D eigenvalue weighted by atomic mass is 10.1.